The SMILES string of the molecule is CC(C)NC(=NCC(=O)N(C)C)NC1CCOC(C(C)C)C1.I. The van der Waals surface area contributed by atoms with Crippen molar-refractivity contribution >= 4 is 35.8 Å². The number of guanidine groups is 1. The highest BCUT2D eigenvalue weighted by molar-refractivity contribution is 14.0. The third-order valence-corrected chi connectivity index (χ3v) is 3.70. The van der Waals surface area contributed by atoms with E-state index in [1.165, 1.54) is 0 Å². The van der Waals surface area contributed by atoms with Crippen molar-refractivity contribution in [2.75, 3.05) is 27.2 Å². The fourth-order valence-corrected chi connectivity index (χ4v) is 2.31. The smallest absolute Gasteiger partial charge is 0.243 e. The Hall–Kier alpha value is -0.570. The summed E-state index contributed by atoms with van der Waals surface area (Å²) in [5.41, 5.74) is 0. The summed E-state index contributed by atoms with van der Waals surface area (Å²) in [6.45, 7) is 9.42. The zero-order chi connectivity index (χ0) is 16.7. The van der Waals surface area contributed by atoms with E-state index >= 15 is 0 Å². The molecule has 1 aliphatic heterocycles. The lowest BCUT2D eigenvalue weighted by molar-refractivity contribution is -0.127. The Morgan fingerprint density at radius 3 is 2.48 bits per heavy atom. The molecular formula is C16H33IN4O2. The summed E-state index contributed by atoms with van der Waals surface area (Å²) >= 11 is 0. The standard InChI is InChI=1S/C16H32N4O2.HI/c1-11(2)14-9-13(7-8-22-14)19-16(18-12(3)4)17-10-15(21)20(5)6;/h11-14H,7-10H2,1-6H3,(H2,17,18,19);1H. The van der Waals surface area contributed by atoms with Gasteiger partial charge < -0.3 is 20.3 Å². The number of amides is 1. The monoisotopic (exact) mass is 440 g/mol. The number of hydrogen-bond acceptors (Lipinski definition) is 3. The Kier molecular flexibility index (Phi) is 10.8. The van der Waals surface area contributed by atoms with E-state index < -0.39 is 0 Å². The summed E-state index contributed by atoms with van der Waals surface area (Å²) in [6.07, 6.45) is 2.22. The largest absolute Gasteiger partial charge is 0.378 e. The maximum atomic E-state index is 11.7. The molecule has 0 aromatic carbocycles. The normalized spacial score (nSPS) is 21.8. The van der Waals surface area contributed by atoms with E-state index in [0.29, 0.717) is 17.9 Å². The van der Waals surface area contributed by atoms with Crippen LogP contribution in [-0.4, -0.2) is 62.2 Å². The average molecular weight is 440 g/mol. The molecule has 1 amide bonds. The van der Waals surface area contributed by atoms with Crippen LogP contribution in [0.2, 0.25) is 0 Å². The maximum Gasteiger partial charge on any atom is 0.243 e. The van der Waals surface area contributed by atoms with Gasteiger partial charge in [0.1, 0.15) is 6.54 Å². The van der Waals surface area contributed by atoms with E-state index in [1.54, 1.807) is 19.0 Å². The van der Waals surface area contributed by atoms with Crippen LogP contribution < -0.4 is 10.6 Å². The predicted octanol–water partition coefficient (Wildman–Crippen LogP) is 1.84. The molecule has 1 saturated heterocycles. The molecule has 23 heavy (non-hydrogen) atoms. The van der Waals surface area contributed by atoms with Crippen LogP contribution in [0.25, 0.3) is 0 Å². The first-order valence-electron chi connectivity index (χ1n) is 8.18. The predicted molar refractivity (Wildman–Crippen MR) is 105 cm³/mol. The molecule has 0 bridgehead atoms. The van der Waals surface area contributed by atoms with Crippen molar-refractivity contribution in [2.24, 2.45) is 10.9 Å². The minimum atomic E-state index is -0.00288. The van der Waals surface area contributed by atoms with Crippen molar-refractivity contribution in [2.45, 2.75) is 58.7 Å². The van der Waals surface area contributed by atoms with E-state index in [2.05, 4.69) is 43.3 Å². The van der Waals surface area contributed by atoms with Gasteiger partial charge in [0.15, 0.2) is 5.96 Å². The molecule has 1 rings (SSSR count). The van der Waals surface area contributed by atoms with Crippen molar-refractivity contribution in [3.8, 4) is 0 Å². The summed E-state index contributed by atoms with van der Waals surface area (Å²) in [5, 5.41) is 6.75. The van der Waals surface area contributed by atoms with Crippen molar-refractivity contribution < 1.29 is 9.53 Å². The van der Waals surface area contributed by atoms with Crippen LogP contribution in [0.4, 0.5) is 0 Å². The van der Waals surface area contributed by atoms with E-state index in [4.69, 9.17) is 4.74 Å². The molecule has 0 spiro atoms. The molecule has 2 atom stereocenters. The quantitative estimate of drug-likeness (QED) is 0.389. The fourth-order valence-electron chi connectivity index (χ4n) is 2.31. The molecule has 136 valence electrons. The number of nitrogens with one attached hydrogen (secondary N) is 2. The zero-order valence-corrected chi connectivity index (χ0v) is 17.6. The molecule has 1 aliphatic rings. The Bertz CT molecular complexity index is 386. The van der Waals surface area contributed by atoms with Crippen LogP contribution in [0.5, 0.6) is 0 Å². The van der Waals surface area contributed by atoms with E-state index in [0.717, 1.165) is 19.4 Å². The molecule has 2 unspecified atom stereocenters. The van der Waals surface area contributed by atoms with Gasteiger partial charge in [-0.05, 0) is 32.6 Å². The van der Waals surface area contributed by atoms with Crippen LogP contribution in [-0.2, 0) is 9.53 Å². The summed E-state index contributed by atoms with van der Waals surface area (Å²) in [7, 11) is 3.49. The van der Waals surface area contributed by atoms with Crippen molar-refractivity contribution in [1.29, 1.82) is 0 Å². The number of carbonyl (C=O) groups is 1. The van der Waals surface area contributed by atoms with Crippen LogP contribution >= 0.6 is 24.0 Å². The number of likely N-dealkylation sites (N-methyl/N-ethyl adjacent to an activating group) is 1. The van der Waals surface area contributed by atoms with Crippen molar-refractivity contribution in [1.82, 2.24) is 15.5 Å². The zero-order valence-electron chi connectivity index (χ0n) is 15.3. The van der Waals surface area contributed by atoms with Gasteiger partial charge in [0, 0.05) is 32.8 Å². The second-order valence-corrected chi connectivity index (χ2v) is 6.77. The molecule has 1 fully saturated rings. The molecule has 0 aromatic rings. The number of aliphatic imine (C=N–C) groups is 1. The Morgan fingerprint density at radius 2 is 1.96 bits per heavy atom. The van der Waals surface area contributed by atoms with Gasteiger partial charge in [-0.2, -0.15) is 0 Å². The molecule has 7 heteroatoms. The van der Waals surface area contributed by atoms with E-state index in [9.17, 15) is 4.79 Å². The highest BCUT2D eigenvalue weighted by Crippen LogP contribution is 2.20. The van der Waals surface area contributed by atoms with Crippen LogP contribution in [0.3, 0.4) is 0 Å². The number of nitrogens with zero attached hydrogens (tertiary/aromatic N) is 2. The second-order valence-electron chi connectivity index (χ2n) is 6.77. The second kappa shape index (κ2) is 11.1. The lowest BCUT2D eigenvalue weighted by atomic mass is 9.95. The minimum absolute atomic E-state index is 0. The van der Waals surface area contributed by atoms with Gasteiger partial charge in [0.05, 0.1) is 6.10 Å². The number of rotatable bonds is 5. The molecular weight excluding hydrogens is 407 g/mol. The number of carbonyl (C=O) groups excluding carboxylic acids is 1. The van der Waals surface area contributed by atoms with Gasteiger partial charge in [-0.15, -0.1) is 24.0 Å². The first-order chi connectivity index (χ1) is 10.3. The van der Waals surface area contributed by atoms with Crippen LogP contribution in [0.1, 0.15) is 40.5 Å². The maximum absolute atomic E-state index is 11.7. The fraction of sp³-hybridized carbons (Fsp3) is 0.875. The lowest BCUT2D eigenvalue weighted by Gasteiger charge is -2.33. The summed E-state index contributed by atoms with van der Waals surface area (Å²) < 4.78 is 5.80. The summed E-state index contributed by atoms with van der Waals surface area (Å²) in [5.74, 6) is 1.22. The van der Waals surface area contributed by atoms with Crippen LogP contribution in [0, 0.1) is 5.92 Å². The third kappa shape index (κ3) is 8.74. The Balaban J connectivity index is 0.00000484. The Labute approximate surface area is 157 Å². The van der Waals surface area contributed by atoms with Gasteiger partial charge >= 0.3 is 0 Å². The molecule has 6 nitrogen and oxygen atoms in total. The molecule has 0 radical (unpaired) electrons. The van der Waals surface area contributed by atoms with Crippen molar-refractivity contribution in [3.05, 3.63) is 0 Å². The number of ether oxygens (including phenoxy) is 1. The van der Waals surface area contributed by atoms with Gasteiger partial charge in [0.2, 0.25) is 5.91 Å². The molecule has 2 N–H and O–H groups in total. The van der Waals surface area contributed by atoms with Crippen molar-refractivity contribution in [3.63, 3.8) is 0 Å². The van der Waals surface area contributed by atoms with Crippen LogP contribution in [0.15, 0.2) is 4.99 Å². The minimum Gasteiger partial charge on any atom is -0.378 e. The van der Waals surface area contributed by atoms with Gasteiger partial charge in [-0.3, -0.25) is 4.79 Å². The number of halogens is 1. The van der Waals surface area contributed by atoms with E-state index in [1.807, 2.05) is 0 Å². The molecule has 0 aliphatic carbocycles. The third-order valence-electron chi connectivity index (χ3n) is 3.70. The first-order valence-corrected chi connectivity index (χ1v) is 8.18. The molecule has 0 aromatic heterocycles. The van der Waals surface area contributed by atoms with Gasteiger partial charge in [0.25, 0.3) is 0 Å². The number of hydrogen-bond donors (Lipinski definition) is 2. The lowest BCUT2D eigenvalue weighted by Crippen LogP contribution is -2.50. The topological polar surface area (TPSA) is 66.0 Å². The molecule has 1 heterocycles. The highest BCUT2D eigenvalue weighted by atomic mass is 127. The van der Waals surface area contributed by atoms with E-state index in [-0.39, 0.29) is 48.6 Å². The average Bonchev–Trinajstić information content (AvgIpc) is 2.43. The van der Waals surface area contributed by atoms with Gasteiger partial charge in [-0.25, -0.2) is 4.99 Å². The summed E-state index contributed by atoms with van der Waals surface area (Å²) in [6, 6.07) is 0.599. The highest BCUT2D eigenvalue weighted by Gasteiger charge is 2.25. The first kappa shape index (κ1) is 22.4. The Morgan fingerprint density at radius 1 is 1.30 bits per heavy atom. The van der Waals surface area contributed by atoms with Gasteiger partial charge in [-0.1, -0.05) is 13.8 Å². The summed E-state index contributed by atoms with van der Waals surface area (Å²) in [4.78, 5) is 17.7. The molecule has 0 saturated carbocycles.